The Labute approximate surface area is 86.5 Å². The molecular formula is C8H4BrF3N2. The SMILES string of the molecule is N#CCc1c(F)cnc(C(F)F)c1Br. The summed E-state index contributed by atoms with van der Waals surface area (Å²) in [7, 11) is 0. The molecule has 2 nitrogen and oxygen atoms in total. The number of pyridine rings is 1. The van der Waals surface area contributed by atoms with Crippen molar-refractivity contribution in [3.05, 3.63) is 27.7 Å². The van der Waals surface area contributed by atoms with Crippen LogP contribution in [0.3, 0.4) is 0 Å². The van der Waals surface area contributed by atoms with Crippen LogP contribution in [0.25, 0.3) is 0 Å². The van der Waals surface area contributed by atoms with E-state index in [9.17, 15) is 13.2 Å². The molecule has 1 aromatic rings. The molecule has 74 valence electrons. The van der Waals surface area contributed by atoms with Gasteiger partial charge in [-0.15, -0.1) is 0 Å². The van der Waals surface area contributed by atoms with Gasteiger partial charge in [0.25, 0.3) is 6.43 Å². The third-order valence-corrected chi connectivity index (χ3v) is 2.44. The van der Waals surface area contributed by atoms with Gasteiger partial charge in [-0.2, -0.15) is 5.26 Å². The van der Waals surface area contributed by atoms with E-state index < -0.39 is 17.9 Å². The van der Waals surface area contributed by atoms with Crippen molar-refractivity contribution in [1.29, 1.82) is 5.26 Å². The predicted octanol–water partition coefficient (Wildman–Crippen LogP) is 2.99. The van der Waals surface area contributed by atoms with E-state index in [0.29, 0.717) is 6.20 Å². The van der Waals surface area contributed by atoms with Crippen molar-refractivity contribution in [3.63, 3.8) is 0 Å². The predicted molar refractivity (Wildman–Crippen MR) is 46.2 cm³/mol. The average Bonchev–Trinajstić information content (AvgIpc) is 2.11. The lowest BCUT2D eigenvalue weighted by Gasteiger charge is -2.06. The number of hydrogen-bond acceptors (Lipinski definition) is 2. The molecule has 0 aliphatic heterocycles. The van der Waals surface area contributed by atoms with Crippen LogP contribution in [-0.4, -0.2) is 4.98 Å². The van der Waals surface area contributed by atoms with Crippen LogP contribution in [0, 0.1) is 17.1 Å². The molecule has 0 bridgehead atoms. The Morgan fingerprint density at radius 1 is 1.57 bits per heavy atom. The van der Waals surface area contributed by atoms with E-state index in [-0.39, 0.29) is 16.5 Å². The molecule has 1 heterocycles. The number of halogens is 4. The first kappa shape index (κ1) is 11.0. The fraction of sp³-hybridized carbons (Fsp3) is 0.250. The van der Waals surface area contributed by atoms with Gasteiger partial charge in [-0.3, -0.25) is 4.98 Å². The topological polar surface area (TPSA) is 36.7 Å². The highest BCUT2D eigenvalue weighted by atomic mass is 79.9. The van der Waals surface area contributed by atoms with Crippen LogP contribution in [-0.2, 0) is 6.42 Å². The highest BCUT2D eigenvalue weighted by Gasteiger charge is 2.18. The van der Waals surface area contributed by atoms with Crippen molar-refractivity contribution in [2.45, 2.75) is 12.8 Å². The van der Waals surface area contributed by atoms with Crippen molar-refractivity contribution in [1.82, 2.24) is 4.98 Å². The number of rotatable bonds is 2. The molecular weight excluding hydrogens is 261 g/mol. The summed E-state index contributed by atoms with van der Waals surface area (Å²) in [6.45, 7) is 0. The molecule has 0 amide bonds. The van der Waals surface area contributed by atoms with Crippen molar-refractivity contribution in [3.8, 4) is 6.07 Å². The number of hydrogen-bond donors (Lipinski definition) is 0. The molecule has 0 aliphatic carbocycles. The maximum Gasteiger partial charge on any atom is 0.281 e. The Morgan fingerprint density at radius 2 is 2.21 bits per heavy atom. The summed E-state index contributed by atoms with van der Waals surface area (Å²) < 4.78 is 37.4. The van der Waals surface area contributed by atoms with Crippen molar-refractivity contribution >= 4 is 15.9 Å². The van der Waals surface area contributed by atoms with E-state index in [0.717, 1.165) is 0 Å². The molecule has 0 fully saturated rings. The Hall–Kier alpha value is -1.09. The monoisotopic (exact) mass is 264 g/mol. The zero-order chi connectivity index (χ0) is 10.7. The highest BCUT2D eigenvalue weighted by molar-refractivity contribution is 9.10. The van der Waals surface area contributed by atoms with Crippen LogP contribution >= 0.6 is 15.9 Å². The molecule has 0 atom stereocenters. The highest BCUT2D eigenvalue weighted by Crippen LogP contribution is 2.29. The van der Waals surface area contributed by atoms with Gasteiger partial charge in [0, 0.05) is 5.56 Å². The van der Waals surface area contributed by atoms with Crippen LogP contribution < -0.4 is 0 Å². The quantitative estimate of drug-likeness (QED) is 0.824. The first-order valence-electron chi connectivity index (χ1n) is 3.55. The van der Waals surface area contributed by atoms with E-state index in [4.69, 9.17) is 5.26 Å². The van der Waals surface area contributed by atoms with Crippen molar-refractivity contribution in [2.24, 2.45) is 0 Å². The minimum absolute atomic E-state index is 0.0854. The van der Waals surface area contributed by atoms with Gasteiger partial charge in [-0.25, -0.2) is 13.2 Å². The molecule has 1 rings (SSSR count). The van der Waals surface area contributed by atoms with E-state index in [1.54, 1.807) is 6.07 Å². The number of nitriles is 1. The molecule has 6 heteroatoms. The molecule has 0 unspecified atom stereocenters. The van der Waals surface area contributed by atoms with Gasteiger partial charge in [0.2, 0.25) is 0 Å². The van der Waals surface area contributed by atoms with Gasteiger partial charge in [-0.1, -0.05) is 0 Å². The summed E-state index contributed by atoms with van der Waals surface area (Å²) in [6, 6.07) is 1.69. The Bertz CT molecular complexity index is 387. The van der Waals surface area contributed by atoms with E-state index >= 15 is 0 Å². The third-order valence-electron chi connectivity index (χ3n) is 1.56. The van der Waals surface area contributed by atoms with Crippen molar-refractivity contribution < 1.29 is 13.2 Å². The van der Waals surface area contributed by atoms with Gasteiger partial charge >= 0.3 is 0 Å². The summed E-state index contributed by atoms with van der Waals surface area (Å²) in [6.07, 6.45) is -2.37. The summed E-state index contributed by atoms with van der Waals surface area (Å²) in [5.41, 5.74) is -0.630. The molecule has 14 heavy (non-hydrogen) atoms. The lowest BCUT2D eigenvalue weighted by atomic mass is 10.1. The number of aromatic nitrogens is 1. The molecule has 0 spiro atoms. The van der Waals surface area contributed by atoms with E-state index in [1.807, 2.05) is 0 Å². The molecule has 0 saturated heterocycles. The zero-order valence-electron chi connectivity index (χ0n) is 6.77. The first-order chi connectivity index (χ1) is 6.57. The summed E-state index contributed by atoms with van der Waals surface area (Å²) in [5.74, 6) is -0.761. The second-order valence-corrected chi connectivity index (χ2v) is 3.21. The molecule has 0 aromatic carbocycles. The third kappa shape index (κ3) is 2.04. The van der Waals surface area contributed by atoms with Crippen LogP contribution in [0.2, 0.25) is 0 Å². The Balaban J connectivity index is 3.27. The van der Waals surface area contributed by atoms with Gasteiger partial charge in [0.05, 0.1) is 23.2 Å². The van der Waals surface area contributed by atoms with Gasteiger partial charge in [-0.05, 0) is 15.9 Å². The smallest absolute Gasteiger partial charge is 0.251 e. The minimum atomic E-state index is -2.79. The summed E-state index contributed by atoms with van der Waals surface area (Å²) in [5, 5.41) is 8.35. The molecule has 0 radical (unpaired) electrons. The molecule has 0 aliphatic rings. The Kier molecular flexibility index (Phi) is 3.47. The zero-order valence-corrected chi connectivity index (χ0v) is 8.35. The maximum atomic E-state index is 13.0. The average molecular weight is 265 g/mol. The van der Waals surface area contributed by atoms with Gasteiger partial charge in [0.15, 0.2) is 0 Å². The second-order valence-electron chi connectivity index (χ2n) is 2.42. The van der Waals surface area contributed by atoms with Crippen LogP contribution in [0.15, 0.2) is 10.7 Å². The van der Waals surface area contributed by atoms with Gasteiger partial charge < -0.3 is 0 Å². The summed E-state index contributed by atoms with van der Waals surface area (Å²) in [4.78, 5) is 3.24. The molecule has 0 N–H and O–H groups in total. The largest absolute Gasteiger partial charge is 0.281 e. The second kappa shape index (κ2) is 4.42. The summed E-state index contributed by atoms with van der Waals surface area (Å²) >= 11 is 2.80. The lowest BCUT2D eigenvalue weighted by molar-refractivity contribution is 0.145. The van der Waals surface area contributed by atoms with E-state index in [1.165, 1.54) is 0 Å². The van der Waals surface area contributed by atoms with E-state index in [2.05, 4.69) is 20.9 Å². The number of nitrogens with zero attached hydrogens (tertiary/aromatic N) is 2. The first-order valence-corrected chi connectivity index (χ1v) is 4.35. The lowest BCUT2D eigenvalue weighted by Crippen LogP contribution is -1.99. The minimum Gasteiger partial charge on any atom is -0.251 e. The van der Waals surface area contributed by atoms with Crippen molar-refractivity contribution in [2.75, 3.05) is 0 Å². The van der Waals surface area contributed by atoms with Crippen LogP contribution in [0.1, 0.15) is 17.7 Å². The molecule has 1 aromatic heterocycles. The fourth-order valence-electron chi connectivity index (χ4n) is 0.913. The Morgan fingerprint density at radius 3 is 2.71 bits per heavy atom. The normalized spacial score (nSPS) is 10.3. The molecule has 0 saturated carbocycles. The fourth-order valence-corrected chi connectivity index (χ4v) is 1.52. The standard InChI is InChI=1S/C8H4BrF3N2/c9-6-4(1-2-13)5(10)3-14-7(6)8(11)12/h3,8H,1H2. The van der Waals surface area contributed by atoms with Crippen LogP contribution in [0.4, 0.5) is 13.2 Å². The van der Waals surface area contributed by atoms with Gasteiger partial charge in [0.1, 0.15) is 11.5 Å². The maximum absolute atomic E-state index is 13.0. The number of alkyl halides is 2. The van der Waals surface area contributed by atoms with Crippen LogP contribution in [0.5, 0.6) is 0 Å².